The number of fused-ring (bicyclic) bond motifs is 1. The first-order valence-electron chi connectivity index (χ1n) is 6.82. The predicted molar refractivity (Wildman–Crippen MR) is 80.3 cm³/mol. The molecular weight excluding hydrogens is 268 g/mol. The molecule has 5 heteroatoms. The van der Waals surface area contributed by atoms with Crippen molar-refractivity contribution in [1.82, 2.24) is 0 Å². The summed E-state index contributed by atoms with van der Waals surface area (Å²) in [7, 11) is 1.98. The van der Waals surface area contributed by atoms with Crippen LogP contribution in [0.5, 0.6) is 0 Å². The highest BCUT2D eigenvalue weighted by molar-refractivity contribution is 5.58. The number of nitro groups is 1. The molecule has 2 aromatic carbocycles. The van der Waals surface area contributed by atoms with Gasteiger partial charge < -0.3 is 10.0 Å². The summed E-state index contributed by atoms with van der Waals surface area (Å²) in [5, 5.41) is 21.0. The number of hydrogen-bond donors (Lipinski definition) is 1. The molecule has 108 valence electrons. The van der Waals surface area contributed by atoms with Gasteiger partial charge >= 0.3 is 0 Å². The Labute approximate surface area is 122 Å². The fourth-order valence-electron chi connectivity index (χ4n) is 2.93. The van der Waals surface area contributed by atoms with Gasteiger partial charge in [0.25, 0.3) is 5.69 Å². The number of hydrogen-bond acceptors (Lipinski definition) is 4. The van der Waals surface area contributed by atoms with E-state index in [1.165, 1.54) is 12.1 Å². The molecule has 3 rings (SSSR count). The largest absolute Gasteiger partial charge is 0.388 e. The van der Waals surface area contributed by atoms with Gasteiger partial charge in [0.2, 0.25) is 0 Å². The third kappa shape index (κ3) is 2.36. The molecule has 5 nitrogen and oxygen atoms in total. The van der Waals surface area contributed by atoms with E-state index in [9.17, 15) is 15.2 Å². The molecule has 2 atom stereocenters. The zero-order chi connectivity index (χ0) is 15.0. The first-order chi connectivity index (χ1) is 10.1. The summed E-state index contributed by atoms with van der Waals surface area (Å²) in [5.41, 5.74) is 2.98. The fourth-order valence-corrected chi connectivity index (χ4v) is 2.93. The van der Waals surface area contributed by atoms with Crippen molar-refractivity contribution in [3.05, 3.63) is 69.8 Å². The van der Waals surface area contributed by atoms with Crippen molar-refractivity contribution in [2.45, 2.75) is 18.6 Å². The second kappa shape index (κ2) is 5.18. The second-order valence-corrected chi connectivity index (χ2v) is 5.29. The lowest BCUT2D eigenvalue weighted by Crippen LogP contribution is -2.31. The Kier molecular flexibility index (Phi) is 3.35. The van der Waals surface area contributed by atoms with Crippen LogP contribution in [0.4, 0.5) is 11.4 Å². The van der Waals surface area contributed by atoms with E-state index in [-0.39, 0.29) is 11.7 Å². The van der Waals surface area contributed by atoms with E-state index in [1.807, 2.05) is 31.3 Å². The number of anilines is 1. The molecule has 0 saturated heterocycles. The minimum absolute atomic E-state index is 0.00991. The first kappa shape index (κ1) is 13.6. The van der Waals surface area contributed by atoms with Gasteiger partial charge in [0.1, 0.15) is 0 Å². The van der Waals surface area contributed by atoms with Gasteiger partial charge in [-0.05, 0) is 11.6 Å². The average Bonchev–Trinajstić information content (AvgIpc) is 2.51. The lowest BCUT2D eigenvalue weighted by Gasteiger charge is -2.38. The number of aliphatic hydroxyl groups excluding tert-OH is 1. The Bertz CT molecular complexity index is 669. The predicted octanol–water partition coefficient (Wildman–Crippen LogP) is 3.21. The van der Waals surface area contributed by atoms with Gasteiger partial charge in [-0.15, -0.1) is 0 Å². The maximum absolute atomic E-state index is 10.7. The molecule has 0 aliphatic carbocycles. The van der Waals surface area contributed by atoms with Crippen molar-refractivity contribution in [3.63, 3.8) is 0 Å². The van der Waals surface area contributed by atoms with E-state index in [0.717, 1.165) is 16.8 Å². The molecule has 0 bridgehead atoms. The first-order valence-corrected chi connectivity index (χ1v) is 6.82. The highest BCUT2D eigenvalue weighted by atomic mass is 16.6. The summed E-state index contributed by atoms with van der Waals surface area (Å²) in [6, 6.07) is 14.3. The summed E-state index contributed by atoms with van der Waals surface area (Å²) >= 11 is 0. The van der Waals surface area contributed by atoms with Crippen molar-refractivity contribution in [2.75, 3.05) is 11.9 Å². The van der Waals surface area contributed by atoms with Gasteiger partial charge in [0.05, 0.1) is 17.1 Å². The molecule has 0 spiro atoms. The average molecular weight is 284 g/mol. The molecular formula is C16H16N2O3. The van der Waals surface area contributed by atoms with Crippen LogP contribution in [0.3, 0.4) is 0 Å². The molecule has 21 heavy (non-hydrogen) atoms. The van der Waals surface area contributed by atoms with Crippen LogP contribution in [-0.2, 0) is 0 Å². The standard InChI is InChI=1S/C16H16N2O3/c1-17-14-5-3-2-4-13(14)16(19)10-15(17)11-6-8-12(9-7-11)18(20)21/h2-9,15-16,19H,10H2,1H3. The molecule has 2 unspecified atom stereocenters. The maximum Gasteiger partial charge on any atom is 0.269 e. The van der Waals surface area contributed by atoms with E-state index in [0.29, 0.717) is 6.42 Å². The van der Waals surface area contributed by atoms with Gasteiger partial charge in [-0.3, -0.25) is 10.1 Å². The van der Waals surface area contributed by atoms with E-state index in [4.69, 9.17) is 0 Å². The molecule has 1 aliphatic heterocycles. The minimum atomic E-state index is -0.516. The summed E-state index contributed by atoms with van der Waals surface area (Å²) in [6.45, 7) is 0. The zero-order valence-electron chi connectivity index (χ0n) is 11.6. The van der Waals surface area contributed by atoms with E-state index in [2.05, 4.69) is 4.90 Å². The third-order valence-corrected chi connectivity index (χ3v) is 4.08. The Morgan fingerprint density at radius 3 is 2.52 bits per heavy atom. The zero-order valence-corrected chi connectivity index (χ0v) is 11.6. The number of aliphatic hydroxyl groups is 1. The quantitative estimate of drug-likeness (QED) is 0.679. The molecule has 1 N–H and O–H groups in total. The van der Waals surface area contributed by atoms with Crippen molar-refractivity contribution in [2.24, 2.45) is 0 Å². The molecule has 0 aromatic heterocycles. The van der Waals surface area contributed by atoms with Gasteiger partial charge in [0.15, 0.2) is 0 Å². The summed E-state index contributed by atoms with van der Waals surface area (Å²) in [6.07, 6.45) is 0.0586. The Morgan fingerprint density at radius 2 is 1.86 bits per heavy atom. The lowest BCUT2D eigenvalue weighted by atomic mass is 9.89. The Balaban J connectivity index is 1.95. The number of para-hydroxylation sites is 1. The van der Waals surface area contributed by atoms with Gasteiger partial charge in [-0.25, -0.2) is 0 Å². The molecule has 0 amide bonds. The van der Waals surface area contributed by atoms with Gasteiger partial charge in [0, 0.05) is 36.9 Å². The van der Waals surface area contributed by atoms with E-state index >= 15 is 0 Å². The molecule has 0 radical (unpaired) electrons. The molecule has 0 fully saturated rings. The summed E-state index contributed by atoms with van der Waals surface area (Å²) in [4.78, 5) is 12.4. The van der Waals surface area contributed by atoms with Crippen LogP contribution in [-0.4, -0.2) is 17.1 Å². The number of non-ortho nitro benzene ring substituents is 1. The van der Waals surface area contributed by atoms with Crippen LogP contribution in [0.1, 0.15) is 29.7 Å². The van der Waals surface area contributed by atoms with Crippen LogP contribution < -0.4 is 4.90 Å². The highest BCUT2D eigenvalue weighted by Gasteiger charge is 2.30. The number of nitrogens with zero attached hydrogens (tertiary/aromatic N) is 2. The third-order valence-electron chi connectivity index (χ3n) is 4.08. The van der Waals surface area contributed by atoms with Crippen LogP contribution in [0.25, 0.3) is 0 Å². The molecule has 1 heterocycles. The van der Waals surface area contributed by atoms with Crippen molar-refractivity contribution < 1.29 is 10.0 Å². The Hall–Kier alpha value is -2.40. The molecule has 1 aliphatic rings. The lowest BCUT2D eigenvalue weighted by molar-refractivity contribution is -0.384. The van der Waals surface area contributed by atoms with Crippen molar-refractivity contribution >= 4 is 11.4 Å². The van der Waals surface area contributed by atoms with Crippen LogP contribution in [0.15, 0.2) is 48.5 Å². The molecule has 2 aromatic rings. The monoisotopic (exact) mass is 284 g/mol. The van der Waals surface area contributed by atoms with Gasteiger partial charge in [-0.1, -0.05) is 30.3 Å². The van der Waals surface area contributed by atoms with Crippen LogP contribution >= 0.6 is 0 Å². The number of nitro benzene ring substituents is 1. The van der Waals surface area contributed by atoms with Crippen LogP contribution in [0, 0.1) is 10.1 Å². The van der Waals surface area contributed by atoms with E-state index < -0.39 is 11.0 Å². The number of benzene rings is 2. The maximum atomic E-state index is 10.7. The van der Waals surface area contributed by atoms with Crippen molar-refractivity contribution in [3.8, 4) is 0 Å². The van der Waals surface area contributed by atoms with Crippen molar-refractivity contribution in [1.29, 1.82) is 0 Å². The molecule has 0 saturated carbocycles. The SMILES string of the molecule is CN1c2ccccc2C(O)CC1c1ccc([N+](=O)[O-])cc1. The fraction of sp³-hybridized carbons (Fsp3) is 0.250. The summed E-state index contributed by atoms with van der Waals surface area (Å²) in [5.74, 6) is 0. The summed E-state index contributed by atoms with van der Waals surface area (Å²) < 4.78 is 0. The number of rotatable bonds is 2. The van der Waals surface area contributed by atoms with Crippen LogP contribution in [0.2, 0.25) is 0 Å². The normalized spacial score (nSPS) is 21.0. The van der Waals surface area contributed by atoms with E-state index in [1.54, 1.807) is 12.1 Å². The highest BCUT2D eigenvalue weighted by Crippen LogP contribution is 2.42. The second-order valence-electron chi connectivity index (χ2n) is 5.29. The van der Waals surface area contributed by atoms with Gasteiger partial charge in [-0.2, -0.15) is 0 Å². The topological polar surface area (TPSA) is 66.6 Å². The minimum Gasteiger partial charge on any atom is -0.388 e. The Morgan fingerprint density at radius 1 is 1.19 bits per heavy atom. The smallest absolute Gasteiger partial charge is 0.269 e.